The number of urea groups is 1. The van der Waals surface area contributed by atoms with E-state index < -0.39 is 0 Å². The van der Waals surface area contributed by atoms with Crippen LogP contribution in [0.4, 0.5) is 10.5 Å². The number of aryl methyl sites for hydroxylation is 1. The lowest BCUT2D eigenvalue weighted by molar-refractivity contribution is 0.252. The van der Waals surface area contributed by atoms with Gasteiger partial charge in [0, 0.05) is 47.6 Å². The van der Waals surface area contributed by atoms with Crippen LogP contribution in [0.5, 0.6) is 0 Å². The lowest BCUT2D eigenvalue weighted by atomic mass is 9.97. The van der Waals surface area contributed by atoms with E-state index in [1.165, 1.54) is 22.1 Å². The number of benzene rings is 2. The van der Waals surface area contributed by atoms with Gasteiger partial charge in [-0.3, -0.25) is 0 Å². The predicted molar refractivity (Wildman–Crippen MR) is 116 cm³/mol. The van der Waals surface area contributed by atoms with Crippen LogP contribution in [0.25, 0.3) is 10.9 Å². The first-order valence-corrected chi connectivity index (χ1v) is 9.92. The van der Waals surface area contributed by atoms with Crippen LogP contribution in [0.1, 0.15) is 29.3 Å². The van der Waals surface area contributed by atoms with Crippen LogP contribution in [0.15, 0.2) is 61.2 Å². The van der Waals surface area contributed by atoms with E-state index in [1.54, 1.807) is 12.5 Å². The molecule has 2 aromatic heterocycles. The highest BCUT2D eigenvalue weighted by Crippen LogP contribution is 2.24. The van der Waals surface area contributed by atoms with Crippen molar-refractivity contribution in [3.05, 3.63) is 83.6 Å². The molecule has 0 saturated heterocycles. The second kappa shape index (κ2) is 8.65. The van der Waals surface area contributed by atoms with Crippen molar-refractivity contribution in [3.63, 3.8) is 0 Å². The zero-order valence-corrected chi connectivity index (χ0v) is 16.5. The highest BCUT2D eigenvalue weighted by atomic mass is 16.2. The number of hydrogen-bond donors (Lipinski definition) is 4. The normalized spacial score (nSPS) is 10.9. The van der Waals surface area contributed by atoms with Crippen LogP contribution < -0.4 is 10.6 Å². The van der Waals surface area contributed by atoms with E-state index in [-0.39, 0.29) is 6.03 Å². The molecule has 4 aromatic rings. The fourth-order valence-corrected chi connectivity index (χ4v) is 3.60. The van der Waals surface area contributed by atoms with Crippen molar-refractivity contribution in [1.82, 2.24) is 20.3 Å². The van der Waals surface area contributed by atoms with E-state index in [9.17, 15) is 4.79 Å². The molecule has 148 valence electrons. The minimum atomic E-state index is -0.198. The molecule has 0 aliphatic rings. The zero-order valence-electron chi connectivity index (χ0n) is 16.5. The summed E-state index contributed by atoms with van der Waals surface area (Å²) in [6.07, 6.45) is 7.98. The molecule has 6 heteroatoms. The number of nitrogens with one attached hydrogen (secondary N) is 4. The Hall–Kier alpha value is -3.54. The quantitative estimate of drug-likeness (QED) is 0.379. The fraction of sp³-hybridized carbons (Fsp3) is 0.217. The van der Waals surface area contributed by atoms with Gasteiger partial charge in [0.1, 0.15) is 0 Å². The van der Waals surface area contributed by atoms with Gasteiger partial charge in [0.15, 0.2) is 0 Å². The Morgan fingerprint density at radius 2 is 1.97 bits per heavy atom. The number of aromatic nitrogens is 3. The molecule has 0 bridgehead atoms. The van der Waals surface area contributed by atoms with Crippen LogP contribution in [0.3, 0.4) is 0 Å². The van der Waals surface area contributed by atoms with Crippen LogP contribution in [-0.4, -0.2) is 27.5 Å². The van der Waals surface area contributed by atoms with Gasteiger partial charge in [-0.1, -0.05) is 31.2 Å². The van der Waals surface area contributed by atoms with Crippen molar-refractivity contribution in [3.8, 4) is 0 Å². The van der Waals surface area contributed by atoms with Gasteiger partial charge in [-0.2, -0.15) is 0 Å². The number of aromatic amines is 2. The molecule has 0 saturated carbocycles. The molecule has 0 radical (unpaired) electrons. The Bertz CT molecular complexity index is 1100. The maximum atomic E-state index is 12.2. The molecule has 6 nitrogen and oxygen atoms in total. The van der Waals surface area contributed by atoms with Crippen molar-refractivity contribution in [2.24, 2.45) is 0 Å². The van der Waals surface area contributed by atoms with Crippen molar-refractivity contribution in [1.29, 1.82) is 0 Å². The number of fused-ring (bicyclic) bond motifs is 1. The Morgan fingerprint density at radius 3 is 2.79 bits per heavy atom. The number of nitrogens with zero attached hydrogens (tertiary/aromatic N) is 1. The van der Waals surface area contributed by atoms with Crippen molar-refractivity contribution in [2.45, 2.75) is 26.2 Å². The maximum absolute atomic E-state index is 12.2. The van der Waals surface area contributed by atoms with Gasteiger partial charge >= 0.3 is 6.03 Å². The molecule has 2 aromatic carbocycles. The molecule has 2 heterocycles. The number of hydrogen-bond acceptors (Lipinski definition) is 2. The van der Waals surface area contributed by atoms with Crippen LogP contribution in [-0.2, 0) is 19.3 Å². The molecule has 29 heavy (non-hydrogen) atoms. The molecular weight excluding hydrogens is 362 g/mol. The summed E-state index contributed by atoms with van der Waals surface area (Å²) in [5.41, 5.74) is 6.77. The molecule has 0 atom stereocenters. The Labute approximate surface area is 169 Å². The lowest BCUT2D eigenvalue weighted by Gasteiger charge is -2.12. The number of carbonyl (C=O) groups excluding carboxylic acids is 1. The number of H-pyrrole nitrogens is 2. The van der Waals surface area contributed by atoms with E-state index in [4.69, 9.17) is 0 Å². The minimum Gasteiger partial charge on any atom is -0.361 e. The summed E-state index contributed by atoms with van der Waals surface area (Å²) in [6, 6.07) is 14.3. The molecule has 0 aliphatic heterocycles. The predicted octanol–water partition coefficient (Wildman–Crippen LogP) is 4.41. The number of amides is 2. The van der Waals surface area contributed by atoms with E-state index in [0.717, 1.165) is 36.2 Å². The van der Waals surface area contributed by atoms with E-state index in [0.29, 0.717) is 6.54 Å². The molecule has 0 fully saturated rings. The number of rotatable bonds is 7. The van der Waals surface area contributed by atoms with Gasteiger partial charge in [0.2, 0.25) is 0 Å². The number of para-hydroxylation sites is 1. The third-order valence-electron chi connectivity index (χ3n) is 5.14. The summed E-state index contributed by atoms with van der Waals surface area (Å²) >= 11 is 0. The van der Waals surface area contributed by atoms with E-state index in [1.807, 2.05) is 12.1 Å². The van der Waals surface area contributed by atoms with Crippen molar-refractivity contribution >= 4 is 22.6 Å². The van der Waals surface area contributed by atoms with Crippen molar-refractivity contribution in [2.75, 3.05) is 11.9 Å². The third-order valence-corrected chi connectivity index (χ3v) is 5.14. The van der Waals surface area contributed by atoms with Gasteiger partial charge in [-0.05, 0) is 47.7 Å². The Balaban J connectivity index is 1.40. The second-order valence-electron chi connectivity index (χ2n) is 7.08. The fourth-order valence-electron chi connectivity index (χ4n) is 3.60. The van der Waals surface area contributed by atoms with E-state index >= 15 is 0 Å². The average molecular weight is 387 g/mol. The topological polar surface area (TPSA) is 85.6 Å². The number of carbonyl (C=O) groups is 1. The van der Waals surface area contributed by atoms with Crippen LogP contribution >= 0.6 is 0 Å². The first kappa shape index (κ1) is 18.8. The SMILES string of the molecule is CCc1cc(NC(=O)NCCc2cnc[nH]2)ccc1Cc1c[nH]c2ccccc12. The summed E-state index contributed by atoms with van der Waals surface area (Å²) < 4.78 is 0. The first-order valence-electron chi connectivity index (χ1n) is 9.92. The van der Waals surface area contributed by atoms with Gasteiger partial charge in [-0.25, -0.2) is 9.78 Å². The summed E-state index contributed by atoms with van der Waals surface area (Å²) in [5, 5.41) is 7.06. The number of imidazole rings is 1. The smallest absolute Gasteiger partial charge is 0.319 e. The van der Waals surface area contributed by atoms with E-state index in [2.05, 4.69) is 69.0 Å². The minimum absolute atomic E-state index is 0.198. The highest BCUT2D eigenvalue weighted by Gasteiger charge is 2.09. The van der Waals surface area contributed by atoms with Crippen LogP contribution in [0, 0.1) is 0 Å². The van der Waals surface area contributed by atoms with Gasteiger partial charge in [-0.15, -0.1) is 0 Å². The molecule has 2 amide bonds. The molecule has 4 N–H and O–H groups in total. The van der Waals surface area contributed by atoms with Gasteiger partial charge < -0.3 is 20.6 Å². The van der Waals surface area contributed by atoms with Crippen molar-refractivity contribution < 1.29 is 4.79 Å². The second-order valence-corrected chi connectivity index (χ2v) is 7.08. The average Bonchev–Trinajstić information content (AvgIpc) is 3.39. The first-order chi connectivity index (χ1) is 14.2. The summed E-state index contributed by atoms with van der Waals surface area (Å²) in [6.45, 7) is 2.69. The highest BCUT2D eigenvalue weighted by molar-refractivity contribution is 5.89. The van der Waals surface area contributed by atoms with Gasteiger partial charge in [0.05, 0.1) is 6.33 Å². The monoisotopic (exact) mass is 387 g/mol. The summed E-state index contributed by atoms with van der Waals surface area (Å²) in [7, 11) is 0. The standard InChI is InChI=1S/C23H25N5O/c1-2-16-12-19(28-23(29)25-10-9-20-14-24-15-27-20)8-7-17(16)11-18-13-26-22-6-4-3-5-21(18)22/h3-8,12-15,26H,2,9-11H2,1H3,(H,24,27)(H2,25,28,29). The molecule has 0 spiro atoms. The molecule has 0 aliphatic carbocycles. The molecule has 4 rings (SSSR count). The zero-order chi connectivity index (χ0) is 20.1. The maximum Gasteiger partial charge on any atom is 0.319 e. The largest absolute Gasteiger partial charge is 0.361 e. The number of anilines is 1. The Kier molecular flexibility index (Phi) is 5.61. The third kappa shape index (κ3) is 4.48. The molecular formula is C23H25N5O. The van der Waals surface area contributed by atoms with Crippen LogP contribution in [0.2, 0.25) is 0 Å². The summed E-state index contributed by atoms with van der Waals surface area (Å²) in [5.74, 6) is 0. The Morgan fingerprint density at radius 1 is 1.07 bits per heavy atom. The lowest BCUT2D eigenvalue weighted by Crippen LogP contribution is -2.30. The molecule has 0 unspecified atom stereocenters. The van der Waals surface area contributed by atoms with Gasteiger partial charge in [0.25, 0.3) is 0 Å². The summed E-state index contributed by atoms with van der Waals surface area (Å²) in [4.78, 5) is 22.5.